The van der Waals surface area contributed by atoms with Gasteiger partial charge in [0.15, 0.2) is 0 Å². The fourth-order valence-electron chi connectivity index (χ4n) is 1.98. The van der Waals surface area contributed by atoms with Crippen molar-refractivity contribution in [1.82, 2.24) is 4.90 Å². The zero-order valence-electron chi connectivity index (χ0n) is 8.13. The van der Waals surface area contributed by atoms with Gasteiger partial charge in [-0.25, -0.2) is 0 Å². The first-order chi connectivity index (χ1) is 5.83. The molecule has 1 N–H and O–H groups in total. The van der Waals surface area contributed by atoms with Gasteiger partial charge in [-0.3, -0.25) is 0 Å². The highest BCUT2D eigenvalue weighted by molar-refractivity contribution is 4.68. The lowest BCUT2D eigenvalue weighted by Gasteiger charge is -2.17. The molecule has 0 aromatic carbocycles. The Hall–Kier alpha value is -0.0800. The molecule has 0 aromatic heterocycles. The first-order valence-corrected chi connectivity index (χ1v) is 5.12. The van der Waals surface area contributed by atoms with Gasteiger partial charge in [-0.05, 0) is 25.9 Å². The van der Waals surface area contributed by atoms with Crippen LogP contribution < -0.4 is 0 Å². The largest absolute Gasteiger partial charge is 0.395 e. The second kappa shape index (κ2) is 5.55. The van der Waals surface area contributed by atoms with E-state index < -0.39 is 0 Å². The maximum atomic E-state index is 8.69. The summed E-state index contributed by atoms with van der Waals surface area (Å²) in [5.41, 5.74) is 0. The summed E-state index contributed by atoms with van der Waals surface area (Å²) in [6, 6.07) is 0. The highest BCUT2D eigenvalue weighted by atomic mass is 16.3. The van der Waals surface area contributed by atoms with Crippen LogP contribution in [-0.2, 0) is 0 Å². The van der Waals surface area contributed by atoms with Crippen molar-refractivity contribution in [2.75, 3.05) is 26.7 Å². The second-order valence-corrected chi connectivity index (χ2v) is 3.97. The van der Waals surface area contributed by atoms with Crippen LogP contribution in [0.1, 0.15) is 32.1 Å². The monoisotopic (exact) mass is 171 g/mol. The normalized spacial score (nSPS) is 19.2. The third-order valence-electron chi connectivity index (χ3n) is 2.88. The fraction of sp³-hybridized carbons (Fsp3) is 1.00. The van der Waals surface area contributed by atoms with Gasteiger partial charge in [0.05, 0.1) is 6.61 Å². The maximum absolute atomic E-state index is 8.69. The van der Waals surface area contributed by atoms with Crippen LogP contribution in [0.4, 0.5) is 0 Å². The van der Waals surface area contributed by atoms with Gasteiger partial charge in [-0.2, -0.15) is 0 Å². The highest BCUT2D eigenvalue weighted by Gasteiger charge is 2.14. The van der Waals surface area contributed by atoms with Gasteiger partial charge < -0.3 is 10.0 Å². The van der Waals surface area contributed by atoms with E-state index in [1.54, 1.807) is 0 Å². The molecular formula is C10H21NO. The van der Waals surface area contributed by atoms with E-state index in [-0.39, 0.29) is 0 Å². The van der Waals surface area contributed by atoms with E-state index in [4.69, 9.17) is 5.11 Å². The standard InChI is InChI=1S/C10H21NO/c1-11(8-9-12)7-6-10-4-2-3-5-10/h10,12H,2-9H2,1H3. The van der Waals surface area contributed by atoms with E-state index in [0.717, 1.165) is 19.0 Å². The van der Waals surface area contributed by atoms with E-state index in [0.29, 0.717) is 6.61 Å². The number of aliphatic hydroxyl groups excluding tert-OH is 1. The molecule has 0 atom stereocenters. The zero-order chi connectivity index (χ0) is 8.81. The average molecular weight is 171 g/mol. The molecule has 1 aliphatic rings. The van der Waals surface area contributed by atoms with Crippen LogP contribution in [0.5, 0.6) is 0 Å². The molecule has 0 heterocycles. The molecule has 1 rings (SSSR count). The second-order valence-electron chi connectivity index (χ2n) is 3.97. The minimum atomic E-state index is 0.293. The van der Waals surface area contributed by atoms with Gasteiger partial charge in [0.25, 0.3) is 0 Å². The molecule has 1 aliphatic carbocycles. The Morgan fingerprint density at radius 2 is 1.92 bits per heavy atom. The smallest absolute Gasteiger partial charge is 0.0558 e. The van der Waals surface area contributed by atoms with E-state index >= 15 is 0 Å². The lowest BCUT2D eigenvalue weighted by molar-refractivity contribution is 0.213. The van der Waals surface area contributed by atoms with Crippen LogP contribution >= 0.6 is 0 Å². The van der Waals surface area contributed by atoms with Crippen molar-refractivity contribution in [2.45, 2.75) is 32.1 Å². The Labute approximate surface area is 75.6 Å². The summed E-state index contributed by atoms with van der Waals surface area (Å²) in [7, 11) is 2.09. The van der Waals surface area contributed by atoms with E-state index in [2.05, 4.69) is 11.9 Å². The van der Waals surface area contributed by atoms with Crippen LogP contribution in [0.2, 0.25) is 0 Å². The van der Waals surface area contributed by atoms with Crippen molar-refractivity contribution in [3.63, 3.8) is 0 Å². The van der Waals surface area contributed by atoms with Crippen molar-refractivity contribution in [3.05, 3.63) is 0 Å². The minimum absolute atomic E-state index is 0.293. The van der Waals surface area contributed by atoms with E-state index in [1.165, 1.54) is 32.1 Å². The van der Waals surface area contributed by atoms with Crippen LogP contribution in [0, 0.1) is 5.92 Å². The molecule has 0 aliphatic heterocycles. The summed E-state index contributed by atoms with van der Waals surface area (Å²) >= 11 is 0. The van der Waals surface area contributed by atoms with Gasteiger partial charge in [-0.1, -0.05) is 25.7 Å². The number of likely N-dealkylation sites (N-methyl/N-ethyl adjacent to an activating group) is 1. The molecular weight excluding hydrogens is 150 g/mol. The molecule has 0 amide bonds. The Morgan fingerprint density at radius 1 is 1.25 bits per heavy atom. The van der Waals surface area contributed by atoms with Gasteiger partial charge in [0, 0.05) is 6.54 Å². The maximum Gasteiger partial charge on any atom is 0.0558 e. The summed E-state index contributed by atoms with van der Waals surface area (Å²) in [6.07, 6.45) is 7.08. The molecule has 0 saturated heterocycles. The average Bonchev–Trinajstić information content (AvgIpc) is 2.53. The summed E-state index contributed by atoms with van der Waals surface area (Å²) in [5.74, 6) is 0.978. The Kier molecular flexibility index (Phi) is 4.62. The number of aliphatic hydroxyl groups is 1. The molecule has 12 heavy (non-hydrogen) atoms. The molecule has 1 fully saturated rings. The van der Waals surface area contributed by atoms with Gasteiger partial charge >= 0.3 is 0 Å². The van der Waals surface area contributed by atoms with Gasteiger partial charge in [0.1, 0.15) is 0 Å². The number of nitrogens with zero attached hydrogens (tertiary/aromatic N) is 1. The lowest BCUT2D eigenvalue weighted by Crippen LogP contribution is -2.24. The topological polar surface area (TPSA) is 23.5 Å². The van der Waals surface area contributed by atoms with Crippen LogP contribution in [-0.4, -0.2) is 36.8 Å². The fourth-order valence-corrected chi connectivity index (χ4v) is 1.98. The van der Waals surface area contributed by atoms with Gasteiger partial charge in [-0.15, -0.1) is 0 Å². The molecule has 2 nitrogen and oxygen atoms in total. The third kappa shape index (κ3) is 3.55. The molecule has 0 bridgehead atoms. The number of rotatable bonds is 5. The van der Waals surface area contributed by atoms with Crippen LogP contribution in [0.25, 0.3) is 0 Å². The summed E-state index contributed by atoms with van der Waals surface area (Å²) in [4.78, 5) is 2.22. The molecule has 72 valence electrons. The molecule has 0 spiro atoms. The SMILES string of the molecule is CN(CCO)CCC1CCCC1. The summed E-state index contributed by atoms with van der Waals surface area (Å²) in [5, 5.41) is 8.69. The van der Waals surface area contributed by atoms with Crippen molar-refractivity contribution in [2.24, 2.45) is 5.92 Å². The quantitative estimate of drug-likeness (QED) is 0.677. The van der Waals surface area contributed by atoms with Crippen molar-refractivity contribution in [1.29, 1.82) is 0 Å². The highest BCUT2D eigenvalue weighted by Crippen LogP contribution is 2.27. The lowest BCUT2D eigenvalue weighted by atomic mass is 10.0. The predicted octanol–water partition coefficient (Wildman–Crippen LogP) is 1.49. The van der Waals surface area contributed by atoms with Crippen molar-refractivity contribution >= 4 is 0 Å². The van der Waals surface area contributed by atoms with Crippen LogP contribution in [0.15, 0.2) is 0 Å². The Morgan fingerprint density at radius 3 is 2.50 bits per heavy atom. The Bertz CT molecular complexity index is 110. The zero-order valence-corrected chi connectivity index (χ0v) is 8.13. The van der Waals surface area contributed by atoms with Crippen molar-refractivity contribution < 1.29 is 5.11 Å². The van der Waals surface area contributed by atoms with Crippen molar-refractivity contribution in [3.8, 4) is 0 Å². The van der Waals surface area contributed by atoms with Gasteiger partial charge in [0.2, 0.25) is 0 Å². The summed E-state index contributed by atoms with van der Waals surface area (Å²) in [6.45, 7) is 2.28. The minimum Gasteiger partial charge on any atom is -0.395 e. The molecule has 0 unspecified atom stereocenters. The van der Waals surface area contributed by atoms with E-state index in [1.807, 2.05) is 0 Å². The number of hydrogen-bond donors (Lipinski definition) is 1. The molecule has 0 radical (unpaired) electrons. The molecule has 1 saturated carbocycles. The molecule has 0 aromatic rings. The third-order valence-corrected chi connectivity index (χ3v) is 2.88. The Balaban J connectivity index is 1.99. The number of hydrogen-bond acceptors (Lipinski definition) is 2. The van der Waals surface area contributed by atoms with Crippen LogP contribution in [0.3, 0.4) is 0 Å². The molecule has 2 heteroatoms. The summed E-state index contributed by atoms with van der Waals surface area (Å²) < 4.78 is 0. The predicted molar refractivity (Wildman–Crippen MR) is 51.2 cm³/mol. The first kappa shape index (κ1) is 10.0. The van der Waals surface area contributed by atoms with E-state index in [9.17, 15) is 0 Å². The first-order valence-electron chi connectivity index (χ1n) is 5.12.